The first-order valence-corrected chi connectivity index (χ1v) is 7.90. The molecule has 0 amide bonds. The van der Waals surface area contributed by atoms with Gasteiger partial charge in [0.05, 0.1) is 16.6 Å². The Balaban J connectivity index is 0.00000200. The zero-order chi connectivity index (χ0) is 14.0. The Morgan fingerprint density at radius 1 is 1.40 bits per heavy atom. The van der Waals surface area contributed by atoms with E-state index in [4.69, 9.17) is 0 Å². The molecule has 0 radical (unpaired) electrons. The van der Waals surface area contributed by atoms with Gasteiger partial charge in [0.25, 0.3) is 0 Å². The lowest BCUT2D eigenvalue weighted by atomic mass is 9.94. The molecule has 112 valence electrons. The summed E-state index contributed by atoms with van der Waals surface area (Å²) in [5, 5.41) is 12.3. The highest BCUT2D eigenvalue weighted by molar-refractivity contribution is 7.91. The standard InChI is InChI=1S/C13H17NO4S.ClH/c1-2-19(17,18)11-6-4-3-5-9(11)12-10(13(15)16)7-8-14-12;/h3-6,10,12,14H,2,7-8H2,1H3,(H,15,16);1H. The van der Waals surface area contributed by atoms with Gasteiger partial charge in [-0.1, -0.05) is 25.1 Å². The van der Waals surface area contributed by atoms with Crippen molar-refractivity contribution in [1.29, 1.82) is 0 Å². The van der Waals surface area contributed by atoms with Crippen LogP contribution >= 0.6 is 12.4 Å². The van der Waals surface area contributed by atoms with Crippen LogP contribution in [0.15, 0.2) is 29.2 Å². The van der Waals surface area contributed by atoms with Crippen LogP contribution in [0.2, 0.25) is 0 Å². The molecule has 2 atom stereocenters. The molecule has 1 aliphatic heterocycles. The number of aliphatic carboxylic acids is 1. The monoisotopic (exact) mass is 319 g/mol. The topological polar surface area (TPSA) is 83.5 Å². The van der Waals surface area contributed by atoms with Crippen molar-refractivity contribution in [1.82, 2.24) is 5.32 Å². The van der Waals surface area contributed by atoms with Crippen molar-refractivity contribution in [2.45, 2.75) is 24.3 Å². The molecule has 2 N–H and O–H groups in total. The van der Waals surface area contributed by atoms with Crippen molar-refractivity contribution in [3.63, 3.8) is 0 Å². The molecule has 0 aliphatic carbocycles. The van der Waals surface area contributed by atoms with E-state index in [1.165, 1.54) is 0 Å². The summed E-state index contributed by atoms with van der Waals surface area (Å²) in [6.07, 6.45) is 0.514. The van der Waals surface area contributed by atoms with Gasteiger partial charge in [0, 0.05) is 6.04 Å². The maximum absolute atomic E-state index is 12.1. The Hall–Kier alpha value is -1.11. The highest BCUT2D eigenvalue weighted by Gasteiger charge is 2.36. The minimum atomic E-state index is -3.35. The molecule has 20 heavy (non-hydrogen) atoms. The minimum Gasteiger partial charge on any atom is -0.481 e. The van der Waals surface area contributed by atoms with Gasteiger partial charge in [-0.2, -0.15) is 0 Å². The summed E-state index contributed by atoms with van der Waals surface area (Å²) < 4.78 is 24.2. The van der Waals surface area contributed by atoms with Crippen LogP contribution in [0.3, 0.4) is 0 Å². The number of carboxylic acids is 1. The maximum atomic E-state index is 12.1. The fourth-order valence-electron chi connectivity index (χ4n) is 2.47. The Kier molecular flexibility index (Phi) is 5.56. The second-order valence-corrected chi connectivity index (χ2v) is 6.85. The summed E-state index contributed by atoms with van der Waals surface area (Å²) >= 11 is 0. The quantitative estimate of drug-likeness (QED) is 0.881. The molecule has 2 unspecified atom stereocenters. The molecule has 0 bridgehead atoms. The molecule has 2 rings (SSSR count). The molecule has 1 aromatic carbocycles. The van der Waals surface area contributed by atoms with E-state index in [9.17, 15) is 18.3 Å². The van der Waals surface area contributed by atoms with Gasteiger partial charge in [-0.05, 0) is 24.6 Å². The number of carboxylic acid groups (broad SMARTS) is 1. The summed E-state index contributed by atoms with van der Waals surface area (Å²) in [5.41, 5.74) is 0.564. The van der Waals surface area contributed by atoms with Crippen LogP contribution in [0.4, 0.5) is 0 Å². The highest BCUT2D eigenvalue weighted by Crippen LogP contribution is 2.33. The number of nitrogens with one attached hydrogen (secondary N) is 1. The Morgan fingerprint density at radius 3 is 2.65 bits per heavy atom. The largest absolute Gasteiger partial charge is 0.481 e. The lowest BCUT2D eigenvalue weighted by molar-refractivity contribution is -0.142. The fraction of sp³-hybridized carbons (Fsp3) is 0.462. The summed E-state index contributed by atoms with van der Waals surface area (Å²) in [6, 6.07) is 6.21. The average Bonchev–Trinajstić information content (AvgIpc) is 2.88. The van der Waals surface area contributed by atoms with Gasteiger partial charge >= 0.3 is 5.97 Å². The second-order valence-electron chi connectivity index (χ2n) is 4.61. The Labute approximate surface area is 124 Å². The number of benzene rings is 1. The molecule has 1 heterocycles. The first-order valence-electron chi connectivity index (χ1n) is 6.25. The van der Waals surface area contributed by atoms with Crippen molar-refractivity contribution in [2.24, 2.45) is 5.92 Å². The van der Waals surface area contributed by atoms with E-state index in [0.29, 0.717) is 18.5 Å². The summed E-state index contributed by atoms with van der Waals surface area (Å²) in [6.45, 7) is 2.17. The number of carbonyl (C=O) groups is 1. The molecular formula is C13H18ClNO4S. The van der Waals surface area contributed by atoms with Gasteiger partial charge in [0.2, 0.25) is 0 Å². The van der Waals surface area contributed by atoms with Crippen LogP contribution in [0.25, 0.3) is 0 Å². The van der Waals surface area contributed by atoms with Crippen LogP contribution < -0.4 is 5.32 Å². The highest BCUT2D eigenvalue weighted by atomic mass is 35.5. The van der Waals surface area contributed by atoms with Crippen LogP contribution in [0.1, 0.15) is 24.9 Å². The average molecular weight is 320 g/mol. The van der Waals surface area contributed by atoms with Crippen LogP contribution in [-0.2, 0) is 14.6 Å². The normalized spacial score (nSPS) is 22.2. The van der Waals surface area contributed by atoms with Gasteiger partial charge in [-0.3, -0.25) is 4.79 Å². The number of hydrogen-bond donors (Lipinski definition) is 2. The third-order valence-corrected chi connectivity index (χ3v) is 5.31. The molecule has 5 nitrogen and oxygen atoms in total. The minimum absolute atomic E-state index is 0. The zero-order valence-corrected chi connectivity index (χ0v) is 12.7. The van der Waals surface area contributed by atoms with Crippen LogP contribution in [0.5, 0.6) is 0 Å². The Morgan fingerprint density at radius 2 is 2.05 bits per heavy atom. The van der Waals surface area contributed by atoms with Crippen LogP contribution in [0, 0.1) is 5.92 Å². The fourth-order valence-corrected chi connectivity index (χ4v) is 3.62. The zero-order valence-electron chi connectivity index (χ0n) is 11.1. The second kappa shape index (κ2) is 6.56. The number of rotatable bonds is 4. The van der Waals surface area contributed by atoms with E-state index in [1.807, 2.05) is 0 Å². The summed E-state index contributed by atoms with van der Waals surface area (Å²) in [5.74, 6) is -1.46. The smallest absolute Gasteiger partial charge is 0.308 e. The molecule has 1 aliphatic rings. The van der Waals surface area contributed by atoms with Gasteiger partial charge in [0.15, 0.2) is 9.84 Å². The van der Waals surface area contributed by atoms with E-state index in [-0.39, 0.29) is 23.1 Å². The maximum Gasteiger partial charge on any atom is 0.308 e. The van der Waals surface area contributed by atoms with Crippen molar-refractivity contribution >= 4 is 28.2 Å². The third-order valence-electron chi connectivity index (χ3n) is 3.51. The van der Waals surface area contributed by atoms with Crippen molar-refractivity contribution < 1.29 is 18.3 Å². The predicted molar refractivity (Wildman–Crippen MR) is 77.9 cm³/mol. The lowest BCUT2D eigenvalue weighted by Gasteiger charge is -2.19. The number of sulfone groups is 1. The Bertz CT molecular complexity index is 588. The molecule has 1 saturated heterocycles. The molecule has 1 aromatic rings. The van der Waals surface area contributed by atoms with Crippen molar-refractivity contribution in [2.75, 3.05) is 12.3 Å². The van der Waals surface area contributed by atoms with Crippen molar-refractivity contribution in [3.05, 3.63) is 29.8 Å². The van der Waals surface area contributed by atoms with Gasteiger partial charge < -0.3 is 10.4 Å². The molecule has 1 fully saturated rings. The molecule has 0 saturated carbocycles. The van der Waals surface area contributed by atoms with Crippen molar-refractivity contribution in [3.8, 4) is 0 Å². The summed E-state index contributed by atoms with van der Waals surface area (Å²) in [7, 11) is -3.35. The molecular weight excluding hydrogens is 302 g/mol. The summed E-state index contributed by atoms with van der Waals surface area (Å²) in [4.78, 5) is 11.5. The van der Waals surface area contributed by atoms with Gasteiger partial charge in [-0.25, -0.2) is 8.42 Å². The van der Waals surface area contributed by atoms with Crippen LogP contribution in [-0.4, -0.2) is 31.8 Å². The molecule has 7 heteroatoms. The SMILES string of the molecule is CCS(=O)(=O)c1ccccc1C1NCCC1C(=O)O.Cl. The van der Waals surface area contributed by atoms with Gasteiger partial charge in [0.1, 0.15) is 0 Å². The third kappa shape index (κ3) is 3.13. The molecule has 0 aromatic heterocycles. The molecule has 0 spiro atoms. The number of hydrogen-bond acceptors (Lipinski definition) is 4. The number of halogens is 1. The van der Waals surface area contributed by atoms with Gasteiger partial charge in [-0.15, -0.1) is 12.4 Å². The van der Waals surface area contributed by atoms with E-state index in [0.717, 1.165) is 0 Å². The lowest BCUT2D eigenvalue weighted by Crippen LogP contribution is -2.25. The predicted octanol–water partition coefficient (Wildman–Crippen LogP) is 1.64. The first kappa shape index (κ1) is 16.9. The van der Waals surface area contributed by atoms with E-state index in [2.05, 4.69) is 5.32 Å². The first-order chi connectivity index (χ1) is 8.97. The van der Waals surface area contributed by atoms with E-state index in [1.54, 1.807) is 31.2 Å². The van der Waals surface area contributed by atoms with E-state index < -0.39 is 27.8 Å². The van der Waals surface area contributed by atoms with E-state index >= 15 is 0 Å².